The van der Waals surface area contributed by atoms with Gasteiger partial charge in [-0.05, 0) is 17.5 Å². The standard InChI is InChI=1S/C11H11NO2S/c13-10-3-1-2-8(11(10)14)6-12-9-4-5-15-7-9/h1-5,7,12-14H,6H2. The molecule has 0 atom stereocenters. The number of thiophene rings is 1. The SMILES string of the molecule is Oc1cccc(CNc2ccsc2)c1O. The van der Waals surface area contributed by atoms with Gasteiger partial charge in [-0.2, -0.15) is 11.3 Å². The van der Waals surface area contributed by atoms with Crippen molar-refractivity contribution >= 4 is 17.0 Å². The molecule has 0 fully saturated rings. The lowest BCUT2D eigenvalue weighted by Gasteiger charge is -2.07. The summed E-state index contributed by atoms with van der Waals surface area (Å²) in [5.74, 6) is -0.139. The Hall–Kier alpha value is -1.68. The van der Waals surface area contributed by atoms with Crippen LogP contribution < -0.4 is 5.32 Å². The van der Waals surface area contributed by atoms with Crippen LogP contribution in [0.2, 0.25) is 0 Å². The first-order valence-electron chi connectivity index (χ1n) is 4.53. The number of nitrogens with one attached hydrogen (secondary N) is 1. The maximum absolute atomic E-state index is 9.54. The highest BCUT2D eigenvalue weighted by atomic mass is 32.1. The Kier molecular flexibility index (Phi) is 2.78. The molecule has 0 spiro atoms. The Bertz CT molecular complexity index is 440. The summed E-state index contributed by atoms with van der Waals surface area (Å²) in [5.41, 5.74) is 1.70. The molecule has 0 aliphatic rings. The van der Waals surface area contributed by atoms with Gasteiger partial charge in [-0.25, -0.2) is 0 Å². The second-order valence-electron chi connectivity index (χ2n) is 3.15. The summed E-state index contributed by atoms with van der Waals surface area (Å²) in [6.07, 6.45) is 0. The van der Waals surface area contributed by atoms with Gasteiger partial charge >= 0.3 is 0 Å². The van der Waals surface area contributed by atoms with Crippen molar-refractivity contribution in [1.29, 1.82) is 0 Å². The van der Waals surface area contributed by atoms with Gasteiger partial charge in [-0.1, -0.05) is 12.1 Å². The lowest BCUT2D eigenvalue weighted by molar-refractivity contribution is 0.400. The molecule has 15 heavy (non-hydrogen) atoms. The maximum Gasteiger partial charge on any atom is 0.162 e. The number of para-hydroxylation sites is 1. The Morgan fingerprint density at radius 2 is 2.07 bits per heavy atom. The van der Waals surface area contributed by atoms with Crippen molar-refractivity contribution in [1.82, 2.24) is 0 Å². The first-order valence-corrected chi connectivity index (χ1v) is 5.47. The Balaban J connectivity index is 2.08. The Morgan fingerprint density at radius 3 is 2.80 bits per heavy atom. The van der Waals surface area contributed by atoms with Crippen LogP contribution in [-0.4, -0.2) is 10.2 Å². The number of aromatic hydroxyl groups is 2. The maximum atomic E-state index is 9.54. The molecule has 0 aliphatic carbocycles. The molecule has 0 saturated carbocycles. The summed E-state index contributed by atoms with van der Waals surface area (Å²) in [4.78, 5) is 0. The number of phenols is 2. The zero-order valence-corrected chi connectivity index (χ0v) is 8.79. The molecule has 2 rings (SSSR count). The van der Waals surface area contributed by atoms with E-state index < -0.39 is 0 Å². The van der Waals surface area contributed by atoms with E-state index in [0.29, 0.717) is 12.1 Å². The zero-order valence-electron chi connectivity index (χ0n) is 7.97. The fourth-order valence-electron chi connectivity index (χ4n) is 1.28. The van der Waals surface area contributed by atoms with Gasteiger partial charge in [0.15, 0.2) is 11.5 Å². The van der Waals surface area contributed by atoms with Gasteiger partial charge in [0.1, 0.15) is 0 Å². The van der Waals surface area contributed by atoms with E-state index in [2.05, 4.69) is 5.32 Å². The van der Waals surface area contributed by atoms with Crippen molar-refractivity contribution in [3.63, 3.8) is 0 Å². The fourth-order valence-corrected chi connectivity index (χ4v) is 1.90. The van der Waals surface area contributed by atoms with Crippen LogP contribution in [0.5, 0.6) is 11.5 Å². The lowest BCUT2D eigenvalue weighted by Crippen LogP contribution is -1.98. The summed E-state index contributed by atoms with van der Waals surface area (Å²) < 4.78 is 0. The topological polar surface area (TPSA) is 52.5 Å². The fraction of sp³-hybridized carbons (Fsp3) is 0.0909. The molecule has 0 bridgehead atoms. The molecule has 4 heteroatoms. The van der Waals surface area contributed by atoms with Gasteiger partial charge in [-0.3, -0.25) is 0 Å². The van der Waals surface area contributed by atoms with Gasteiger partial charge in [0, 0.05) is 23.2 Å². The molecule has 0 saturated heterocycles. The third kappa shape index (κ3) is 2.22. The van der Waals surface area contributed by atoms with Crippen LogP contribution >= 0.6 is 11.3 Å². The molecule has 0 unspecified atom stereocenters. The summed E-state index contributed by atoms with van der Waals surface area (Å²) in [7, 11) is 0. The average Bonchev–Trinajstić information content (AvgIpc) is 2.73. The highest BCUT2D eigenvalue weighted by Gasteiger charge is 2.04. The van der Waals surface area contributed by atoms with Gasteiger partial charge in [0.05, 0.1) is 0 Å². The Morgan fingerprint density at radius 1 is 1.20 bits per heavy atom. The third-order valence-corrected chi connectivity index (χ3v) is 2.79. The lowest BCUT2D eigenvalue weighted by atomic mass is 10.2. The van der Waals surface area contributed by atoms with Crippen LogP contribution in [0, 0.1) is 0 Å². The molecule has 0 radical (unpaired) electrons. The molecule has 1 aromatic heterocycles. The molecular formula is C11H11NO2S. The minimum atomic E-state index is -0.0837. The van der Waals surface area contributed by atoms with E-state index in [1.54, 1.807) is 23.5 Å². The van der Waals surface area contributed by atoms with Crippen LogP contribution in [0.4, 0.5) is 5.69 Å². The van der Waals surface area contributed by atoms with Crippen molar-refractivity contribution in [2.45, 2.75) is 6.54 Å². The van der Waals surface area contributed by atoms with Crippen molar-refractivity contribution in [3.8, 4) is 11.5 Å². The van der Waals surface area contributed by atoms with Crippen molar-refractivity contribution < 1.29 is 10.2 Å². The van der Waals surface area contributed by atoms with Gasteiger partial charge in [-0.15, -0.1) is 0 Å². The van der Waals surface area contributed by atoms with Crippen LogP contribution in [0.3, 0.4) is 0 Å². The summed E-state index contributed by atoms with van der Waals surface area (Å²) in [6, 6.07) is 6.90. The third-order valence-electron chi connectivity index (χ3n) is 2.10. The predicted octanol–water partition coefficient (Wildman–Crippen LogP) is 2.77. The zero-order chi connectivity index (χ0) is 10.7. The molecule has 3 nitrogen and oxygen atoms in total. The van der Waals surface area contributed by atoms with E-state index in [0.717, 1.165) is 5.69 Å². The van der Waals surface area contributed by atoms with Gasteiger partial charge in [0.25, 0.3) is 0 Å². The smallest absolute Gasteiger partial charge is 0.162 e. The van der Waals surface area contributed by atoms with Crippen molar-refractivity contribution in [2.24, 2.45) is 0 Å². The minimum absolute atomic E-state index is 0.0553. The molecule has 78 valence electrons. The molecular weight excluding hydrogens is 210 g/mol. The molecule has 0 amide bonds. The number of benzene rings is 1. The second-order valence-corrected chi connectivity index (χ2v) is 3.93. The summed E-state index contributed by atoms with van der Waals surface area (Å²) in [6.45, 7) is 0.497. The van der Waals surface area contributed by atoms with Crippen LogP contribution in [0.1, 0.15) is 5.56 Å². The average molecular weight is 221 g/mol. The first kappa shape index (κ1) is 9.86. The Labute approximate surface area is 91.6 Å². The van der Waals surface area contributed by atoms with E-state index >= 15 is 0 Å². The molecule has 2 aromatic rings. The molecule has 1 heterocycles. The first-order chi connectivity index (χ1) is 7.27. The summed E-state index contributed by atoms with van der Waals surface area (Å²) >= 11 is 1.61. The largest absolute Gasteiger partial charge is 0.504 e. The molecule has 1 aromatic carbocycles. The highest BCUT2D eigenvalue weighted by Crippen LogP contribution is 2.28. The number of phenolic OH excluding ortho intramolecular Hbond substituents is 2. The van der Waals surface area contributed by atoms with Gasteiger partial charge in [0.2, 0.25) is 0 Å². The van der Waals surface area contributed by atoms with E-state index in [4.69, 9.17) is 0 Å². The van der Waals surface area contributed by atoms with E-state index in [9.17, 15) is 10.2 Å². The predicted molar refractivity (Wildman–Crippen MR) is 61.4 cm³/mol. The van der Waals surface area contributed by atoms with E-state index in [1.165, 1.54) is 6.07 Å². The second kappa shape index (κ2) is 4.23. The van der Waals surface area contributed by atoms with Crippen molar-refractivity contribution in [2.75, 3.05) is 5.32 Å². The highest BCUT2D eigenvalue weighted by molar-refractivity contribution is 7.08. The van der Waals surface area contributed by atoms with E-state index in [1.807, 2.05) is 16.8 Å². The minimum Gasteiger partial charge on any atom is -0.504 e. The van der Waals surface area contributed by atoms with Gasteiger partial charge < -0.3 is 15.5 Å². The number of anilines is 1. The van der Waals surface area contributed by atoms with E-state index in [-0.39, 0.29) is 11.5 Å². The van der Waals surface area contributed by atoms with Crippen molar-refractivity contribution in [3.05, 3.63) is 40.6 Å². The quantitative estimate of drug-likeness (QED) is 0.698. The normalized spacial score (nSPS) is 10.1. The van der Waals surface area contributed by atoms with Crippen LogP contribution in [0.25, 0.3) is 0 Å². The number of rotatable bonds is 3. The molecule has 3 N–H and O–H groups in total. The van der Waals surface area contributed by atoms with Crippen LogP contribution in [-0.2, 0) is 6.54 Å². The number of hydrogen-bond acceptors (Lipinski definition) is 4. The molecule has 0 aliphatic heterocycles. The summed E-state index contributed by atoms with van der Waals surface area (Å²) in [5, 5.41) is 25.9. The number of hydrogen-bond donors (Lipinski definition) is 3. The van der Waals surface area contributed by atoms with Crippen LogP contribution in [0.15, 0.2) is 35.0 Å². The monoisotopic (exact) mass is 221 g/mol.